The van der Waals surface area contributed by atoms with Crippen molar-refractivity contribution in [2.45, 2.75) is 66.0 Å². The van der Waals surface area contributed by atoms with Gasteiger partial charge in [0.1, 0.15) is 16.8 Å². The SMILES string of the molecule is [2H]C(C)(C)c1cccc(C([2H])(C)C)c1-n1c(-c2c(C)ccc3c2oc2cc([Si](C)(C)C)ccc23)[n+](C)c2ccccc21. The molecule has 0 bridgehead atoms. The number of fused-ring (bicyclic) bond motifs is 4. The molecule has 0 saturated carbocycles. The molecule has 4 aromatic carbocycles. The van der Waals surface area contributed by atoms with Gasteiger partial charge >= 0.3 is 0 Å². The average molecular weight is 548 g/mol. The lowest BCUT2D eigenvalue weighted by Gasteiger charge is -2.18. The van der Waals surface area contributed by atoms with Gasteiger partial charge in [0.25, 0.3) is 5.82 Å². The molecule has 40 heavy (non-hydrogen) atoms. The molecule has 6 aromatic rings. The molecule has 6 rings (SSSR count). The van der Waals surface area contributed by atoms with E-state index in [9.17, 15) is 2.74 Å². The molecular formula is C36H41N2OSi+. The van der Waals surface area contributed by atoms with Crippen molar-refractivity contribution < 1.29 is 11.7 Å². The maximum absolute atomic E-state index is 9.17. The first-order valence-corrected chi connectivity index (χ1v) is 17.7. The summed E-state index contributed by atoms with van der Waals surface area (Å²) < 4.78 is 29.7. The summed E-state index contributed by atoms with van der Waals surface area (Å²) in [5, 5.41) is 3.60. The van der Waals surface area contributed by atoms with Crippen LogP contribution < -0.4 is 9.75 Å². The van der Waals surface area contributed by atoms with Crippen LogP contribution >= 0.6 is 0 Å². The van der Waals surface area contributed by atoms with E-state index in [1.165, 1.54) is 5.19 Å². The number of imidazole rings is 1. The van der Waals surface area contributed by atoms with Crippen molar-refractivity contribution in [3.8, 4) is 17.1 Å². The van der Waals surface area contributed by atoms with Crippen LogP contribution in [-0.2, 0) is 7.05 Å². The first-order valence-electron chi connectivity index (χ1n) is 15.2. The molecular weight excluding hydrogens is 504 g/mol. The molecule has 2 aromatic heterocycles. The van der Waals surface area contributed by atoms with E-state index in [1.54, 1.807) is 0 Å². The molecule has 0 amide bonds. The van der Waals surface area contributed by atoms with Crippen LogP contribution in [0.2, 0.25) is 19.6 Å². The fourth-order valence-electron chi connectivity index (χ4n) is 6.10. The standard InChI is InChI=1S/C36H41N2OSi/c1-22(2)26-13-12-14-27(23(3)4)34(26)38-31-16-11-10-15-30(31)37(6)36(38)33-24(5)17-19-29-28-20-18-25(40(7,8)9)21-32(28)39-35(29)33/h10-23H,1-9H3/q+1/i22D,23D. The second kappa shape index (κ2) is 9.48. The van der Waals surface area contributed by atoms with E-state index in [4.69, 9.17) is 4.42 Å². The molecule has 0 aliphatic carbocycles. The van der Waals surface area contributed by atoms with Gasteiger partial charge in [-0.3, -0.25) is 0 Å². The fourth-order valence-corrected chi connectivity index (χ4v) is 7.24. The minimum absolute atomic E-state index is 0.867. The van der Waals surface area contributed by atoms with Crippen molar-refractivity contribution in [1.82, 2.24) is 4.57 Å². The topological polar surface area (TPSA) is 21.9 Å². The number of benzene rings is 4. The number of aromatic nitrogens is 2. The van der Waals surface area contributed by atoms with Crippen LogP contribution in [0.4, 0.5) is 0 Å². The maximum Gasteiger partial charge on any atom is 0.299 e. The lowest BCUT2D eigenvalue weighted by Crippen LogP contribution is -2.37. The van der Waals surface area contributed by atoms with E-state index < -0.39 is 19.9 Å². The normalized spacial score (nSPS) is 13.8. The van der Waals surface area contributed by atoms with Crippen LogP contribution in [0.1, 0.15) is 58.9 Å². The zero-order valence-electron chi connectivity index (χ0n) is 27.2. The number of hydrogen-bond donors (Lipinski definition) is 0. The Kier molecular flexibility index (Phi) is 5.73. The first-order chi connectivity index (χ1) is 19.6. The smallest absolute Gasteiger partial charge is 0.299 e. The van der Waals surface area contributed by atoms with Crippen LogP contribution in [0, 0.1) is 6.92 Å². The van der Waals surface area contributed by atoms with Gasteiger partial charge in [-0.2, -0.15) is 4.57 Å². The highest BCUT2D eigenvalue weighted by Gasteiger charge is 2.33. The van der Waals surface area contributed by atoms with Crippen molar-refractivity contribution in [3.05, 3.63) is 89.5 Å². The molecule has 3 nitrogen and oxygen atoms in total. The number of rotatable bonds is 5. The van der Waals surface area contributed by atoms with Crippen LogP contribution in [0.3, 0.4) is 0 Å². The zero-order chi connectivity index (χ0) is 30.4. The molecule has 4 heteroatoms. The first kappa shape index (κ1) is 24.2. The quantitative estimate of drug-likeness (QED) is 0.156. The largest absolute Gasteiger partial charge is 0.455 e. The lowest BCUT2D eigenvalue weighted by molar-refractivity contribution is -0.633. The third kappa shape index (κ3) is 4.04. The maximum atomic E-state index is 9.17. The zero-order valence-corrected chi connectivity index (χ0v) is 26.2. The molecule has 0 atom stereocenters. The van der Waals surface area contributed by atoms with E-state index in [-0.39, 0.29) is 0 Å². The predicted molar refractivity (Wildman–Crippen MR) is 173 cm³/mol. The number of aryl methyl sites for hydroxylation is 2. The summed E-state index contributed by atoms with van der Waals surface area (Å²) in [6.45, 7) is 17.0. The monoisotopic (exact) mass is 547 g/mol. The third-order valence-corrected chi connectivity index (χ3v) is 10.3. The summed E-state index contributed by atoms with van der Waals surface area (Å²) in [5.41, 5.74) is 8.71. The van der Waals surface area contributed by atoms with Crippen molar-refractivity contribution in [2.75, 3.05) is 0 Å². The predicted octanol–water partition coefficient (Wildman–Crippen LogP) is 9.12. The van der Waals surface area contributed by atoms with Crippen LogP contribution in [-0.4, -0.2) is 12.6 Å². The van der Waals surface area contributed by atoms with Gasteiger partial charge in [-0.25, -0.2) is 4.57 Å². The molecule has 0 unspecified atom stereocenters. The summed E-state index contributed by atoms with van der Waals surface area (Å²) in [6.07, 6.45) is 0. The number of nitrogens with zero attached hydrogens (tertiary/aromatic N) is 2. The second-order valence-corrected chi connectivity index (χ2v) is 17.7. The van der Waals surface area contributed by atoms with Gasteiger partial charge in [-0.1, -0.05) is 107 Å². The summed E-state index contributed by atoms with van der Waals surface area (Å²) >= 11 is 0. The van der Waals surface area contributed by atoms with E-state index >= 15 is 0 Å². The third-order valence-electron chi connectivity index (χ3n) is 8.29. The van der Waals surface area contributed by atoms with Gasteiger partial charge in [0.05, 0.1) is 15.1 Å². The highest BCUT2D eigenvalue weighted by atomic mass is 28.3. The van der Waals surface area contributed by atoms with Gasteiger partial charge in [0.15, 0.2) is 16.6 Å². The van der Waals surface area contributed by atoms with E-state index in [0.717, 1.165) is 66.7 Å². The molecule has 0 radical (unpaired) electrons. The number of hydrogen-bond acceptors (Lipinski definition) is 1. The lowest BCUT2D eigenvalue weighted by atomic mass is 9.92. The van der Waals surface area contributed by atoms with Crippen LogP contribution in [0.15, 0.2) is 77.2 Å². The highest BCUT2D eigenvalue weighted by Crippen LogP contribution is 2.41. The minimum Gasteiger partial charge on any atom is -0.455 e. The summed E-state index contributed by atoms with van der Waals surface area (Å²) in [6, 6.07) is 25.6. The summed E-state index contributed by atoms with van der Waals surface area (Å²) in [5.74, 6) is -0.789. The van der Waals surface area contributed by atoms with Gasteiger partial charge in [0, 0.05) is 24.6 Å². The minimum atomic E-state index is -1.52. The molecule has 0 aliphatic heterocycles. The van der Waals surface area contributed by atoms with Crippen molar-refractivity contribution in [2.24, 2.45) is 7.05 Å². The summed E-state index contributed by atoms with van der Waals surface area (Å²) in [4.78, 5) is 0. The van der Waals surface area contributed by atoms with Gasteiger partial charge in [0.2, 0.25) is 0 Å². The molecule has 0 N–H and O–H groups in total. The Morgan fingerprint density at radius 2 is 1.48 bits per heavy atom. The Hall–Kier alpha value is -3.63. The van der Waals surface area contributed by atoms with E-state index in [1.807, 2.05) is 45.9 Å². The molecule has 0 aliphatic rings. The molecule has 0 spiro atoms. The van der Waals surface area contributed by atoms with Crippen molar-refractivity contribution in [3.63, 3.8) is 0 Å². The second-order valence-electron chi connectivity index (χ2n) is 12.6. The molecule has 0 saturated heterocycles. The molecule has 2 heterocycles. The number of para-hydroxylation sites is 3. The Bertz CT molecular complexity index is 1980. The van der Waals surface area contributed by atoms with Gasteiger partial charge < -0.3 is 4.42 Å². The Labute approximate surface area is 241 Å². The van der Waals surface area contributed by atoms with Crippen molar-refractivity contribution >= 4 is 46.2 Å². The number of furan rings is 1. The van der Waals surface area contributed by atoms with Crippen molar-refractivity contribution in [1.29, 1.82) is 0 Å². The Morgan fingerprint density at radius 3 is 2.12 bits per heavy atom. The molecule has 204 valence electrons. The van der Waals surface area contributed by atoms with Crippen LogP contribution in [0.5, 0.6) is 0 Å². The van der Waals surface area contributed by atoms with E-state index in [0.29, 0.717) is 0 Å². The van der Waals surface area contributed by atoms with E-state index in [2.05, 4.69) is 97.3 Å². The Balaban J connectivity index is 1.81. The Morgan fingerprint density at radius 1 is 0.825 bits per heavy atom. The van der Waals surface area contributed by atoms with Crippen LogP contribution in [0.25, 0.3) is 50.0 Å². The summed E-state index contributed by atoms with van der Waals surface area (Å²) in [7, 11) is 0.585. The fraction of sp³-hybridized carbons (Fsp3) is 0.306. The van der Waals surface area contributed by atoms with Gasteiger partial charge in [-0.05, 0) is 42.5 Å². The van der Waals surface area contributed by atoms with Gasteiger partial charge in [-0.15, -0.1) is 0 Å². The molecule has 0 fully saturated rings. The average Bonchev–Trinajstić information content (AvgIpc) is 3.41. The highest BCUT2D eigenvalue weighted by molar-refractivity contribution is 6.88.